The topological polar surface area (TPSA) is 110 Å². The van der Waals surface area contributed by atoms with Crippen LogP contribution in [0.5, 0.6) is 0 Å². The lowest BCUT2D eigenvalue weighted by molar-refractivity contribution is -0.384. The predicted molar refractivity (Wildman–Crippen MR) is 136 cm³/mol. The van der Waals surface area contributed by atoms with Gasteiger partial charge < -0.3 is 9.64 Å². The zero-order valence-electron chi connectivity index (χ0n) is 19.8. The Morgan fingerprint density at radius 2 is 1.56 bits per heavy atom. The number of nitrogens with zero attached hydrogens (tertiary/aromatic N) is 3. The van der Waals surface area contributed by atoms with E-state index >= 15 is 0 Å². The van der Waals surface area contributed by atoms with Gasteiger partial charge in [-0.1, -0.05) is 30.3 Å². The number of nitro benzene ring substituents is 1. The second-order valence-electron chi connectivity index (χ2n) is 8.66. The number of esters is 1. The first-order valence-corrected chi connectivity index (χ1v) is 13.4. The number of piperazine rings is 1. The van der Waals surface area contributed by atoms with E-state index in [-0.39, 0.29) is 16.1 Å². The lowest BCUT2D eigenvalue weighted by atomic mass is 10.1. The summed E-state index contributed by atoms with van der Waals surface area (Å²) < 4.78 is 29.6. The molecule has 3 aromatic carbocycles. The molecule has 1 atom stereocenters. The first-order valence-electron chi connectivity index (χ1n) is 11.5. The number of ether oxygens (including phenoxy) is 1. The van der Waals surface area contributed by atoms with E-state index < -0.39 is 26.8 Å². The summed E-state index contributed by atoms with van der Waals surface area (Å²) in [5.74, 6) is -0.606. The van der Waals surface area contributed by atoms with E-state index in [1.165, 1.54) is 36.4 Å². The second-order valence-corrected chi connectivity index (χ2v) is 10.7. The minimum Gasteiger partial charge on any atom is -0.453 e. The van der Waals surface area contributed by atoms with Crippen molar-refractivity contribution >= 4 is 27.2 Å². The number of para-hydroxylation sites is 1. The maximum Gasteiger partial charge on any atom is 0.338 e. The molecule has 0 saturated carbocycles. The molecule has 1 aliphatic rings. The largest absolute Gasteiger partial charge is 0.453 e. The Hall–Kier alpha value is -3.76. The van der Waals surface area contributed by atoms with Crippen molar-refractivity contribution in [3.63, 3.8) is 0 Å². The monoisotopic (exact) mass is 509 g/mol. The third kappa shape index (κ3) is 6.27. The van der Waals surface area contributed by atoms with Crippen LogP contribution in [0.2, 0.25) is 0 Å². The highest BCUT2D eigenvalue weighted by Crippen LogP contribution is 2.25. The molecule has 188 valence electrons. The maximum absolute atomic E-state index is 12.9. The van der Waals surface area contributed by atoms with Crippen LogP contribution in [0.3, 0.4) is 0 Å². The third-order valence-electron chi connectivity index (χ3n) is 6.16. The fourth-order valence-corrected chi connectivity index (χ4v) is 4.75. The van der Waals surface area contributed by atoms with Gasteiger partial charge in [0.15, 0.2) is 9.84 Å². The van der Waals surface area contributed by atoms with Gasteiger partial charge in [-0.25, -0.2) is 13.2 Å². The number of carbonyl (C=O) groups excluding carboxylic acids is 1. The van der Waals surface area contributed by atoms with Crippen molar-refractivity contribution in [3.05, 3.63) is 100 Å². The zero-order chi connectivity index (χ0) is 25.7. The molecule has 1 unspecified atom stereocenters. The number of sulfone groups is 1. The zero-order valence-corrected chi connectivity index (χ0v) is 20.6. The molecule has 1 heterocycles. The smallest absolute Gasteiger partial charge is 0.338 e. The van der Waals surface area contributed by atoms with Gasteiger partial charge in [-0.2, -0.15) is 0 Å². The molecule has 9 nitrogen and oxygen atoms in total. The van der Waals surface area contributed by atoms with Crippen LogP contribution in [0.1, 0.15) is 22.0 Å². The van der Waals surface area contributed by atoms with Crippen molar-refractivity contribution in [1.29, 1.82) is 0 Å². The van der Waals surface area contributed by atoms with Gasteiger partial charge in [-0.05, 0) is 42.0 Å². The molecule has 0 N–H and O–H groups in total. The van der Waals surface area contributed by atoms with Gasteiger partial charge in [0.05, 0.1) is 15.4 Å². The van der Waals surface area contributed by atoms with Crippen molar-refractivity contribution in [3.8, 4) is 0 Å². The van der Waals surface area contributed by atoms with E-state index in [4.69, 9.17) is 4.74 Å². The Morgan fingerprint density at radius 1 is 0.944 bits per heavy atom. The number of nitro groups is 1. The first kappa shape index (κ1) is 25.3. The molecule has 0 aromatic heterocycles. The van der Waals surface area contributed by atoms with Crippen LogP contribution in [0.4, 0.5) is 11.4 Å². The molecule has 0 aliphatic carbocycles. The second kappa shape index (κ2) is 10.9. The van der Waals surface area contributed by atoms with Crippen molar-refractivity contribution in [2.45, 2.75) is 11.0 Å². The Labute approximate surface area is 210 Å². The molecule has 3 aromatic rings. The number of non-ortho nitro benzene ring substituents is 1. The van der Waals surface area contributed by atoms with E-state index in [0.29, 0.717) is 12.1 Å². The molecule has 36 heavy (non-hydrogen) atoms. The Bertz CT molecular complexity index is 1300. The van der Waals surface area contributed by atoms with Gasteiger partial charge in [0, 0.05) is 56.8 Å². The standard InChI is InChI=1S/C26H27N3O6S/c1-36(33,34)24-13-9-20(10-14-24)25(35-26(30)21-7-11-23(12-8-21)29(31)32)19-27-15-17-28(18-16-27)22-5-3-2-4-6-22/h2-14,25H,15-19H2,1H3. The molecule has 0 spiro atoms. The van der Waals surface area contributed by atoms with E-state index in [0.717, 1.165) is 38.1 Å². The fraction of sp³-hybridized carbons (Fsp3) is 0.269. The van der Waals surface area contributed by atoms with Crippen LogP contribution in [0.15, 0.2) is 83.8 Å². The molecule has 0 bridgehead atoms. The van der Waals surface area contributed by atoms with E-state index in [2.05, 4.69) is 21.9 Å². The number of rotatable bonds is 8. The molecule has 1 aliphatic heterocycles. The summed E-state index contributed by atoms with van der Waals surface area (Å²) >= 11 is 0. The van der Waals surface area contributed by atoms with Crippen molar-refractivity contribution in [2.75, 3.05) is 43.9 Å². The van der Waals surface area contributed by atoms with Crippen molar-refractivity contribution in [2.24, 2.45) is 0 Å². The summed E-state index contributed by atoms with van der Waals surface area (Å²) in [4.78, 5) is 28.0. The van der Waals surface area contributed by atoms with Crippen LogP contribution in [-0.4, -0.2) is 63.2 Å². The lowest BCUT2D eigenvalue weighted by Crippen LogP contribution is -2.47. The number of benzene rings is 3. The minimum absolute atomic E-state index is 0.115. The first-order chi connectivity index (χ1) is 17.2. The summed E-state index contributed by atoms with van der Waals surface area (Å²) in [6.45, 7) is 3.60. The summed E-state index contributed by atoms with van der Waals surface area (Å²) in [6.07, 6.45) is 0.491. The Balaban J connectivity index is 1.50. The van der Waals surface area contributed by atoms with E-state index in [1.807, 2.05) is 18.2 Å². The number of anilines is 1. The highest BCUT2D eigenvalue weighted by atomic mass is 32.2. The third-order valence-corrected chi connectivity index (χ3v) is 7.29. The average molecular weight is 510 g/mol. The predicted octanol–water partition coefficient (Wildman–Crippen LogP) is 3.72. The van der Waals surface area contributed by atoms with Crippen molar-refractivity contribution in [1.82, 2.24) is 4.90 Å². The molecule has 0 amide bonds. The van der Waals surface area contributed by atoms with Crippen LogP contribution >= 0.6 is 0 Å². The Morgan fingerprint density at radius 3 is 2.11 bits per heavy atom. The van der Waals surface area contributed by atoms with Gasteiger partial charge in [0.2, 0.25) is 0 Å². The highest BCUT2D eigenvalue weighted by molar-refractivity contribution is 7.90. The van der Waals surface area contributed by atoms with Gasteiger partial charge >= 0.3 is 5.97 Å². The van der Waals surface area contributed by atoms with Crippen molar-refractivity contribution < 1.29 is 22.9 Å². The summed E-state index contributed by atoms with van der Waals surface area (Å²) in [6, 6.07) is 21.7. The Kier molecular flexibility index (Phi) is 7.66. The van der Waals surface area contributed by atoms with E-state index in [1.54, 1.807) is 12.1 Å². The fourth-order valence-electron chi connectivity index (χ4n) is 4.12. The maximum atomic E-state index is 12.9. The normalized spacial score (nSPS) is 15.3. The minimum atomic E-state index is -3.36. The van der Waals surface area contributed by atoms with Gasteiger partial charge in [-0.15, -0.1) is 0 Å². The van der Waals surface area contributed by atoms with Crippen LogP contribution < -0.4 is 4.90 Å². The average Bonchev–Trinajstić information content (AvgIpc) is 2.89. The molecular weight excluding hydrogens is 482 g/mol. The van der Waals surface area contributed by atoms with Crippen LogP contribution in [0.25, 0.3) is 0 Å². The lowest BCUT2D eigenvalue weighted by Gasteiger charge is -2.37. The highest BCUT2D eigenvalue weighted by Gasteiger charge is 2.25. The SMILES string of the molecule is CS(=O)(=O)c1ccc(C(CN2CCN(c3ccccc3)CC2)OC(=O)c2ccc([N+](=O)[O-])cc2)cc1. The molecular formula is C26H27N3O6S. The molecule has 0 radical (unpaired) electrons. The summed E-state index contributed by atoms with van der Waals surface area (Å²) in [5, 5.41) is 10.9. The summed E-state index contributed by atoms with van der Waals surface area (Å²) in [5.41, 5.74) is 1.92. The quantitative estimate of drug-likeness (QED) is 0.257. The number of hydrogen-bond donors (Lipinski definition) is 0. The van der Waals surface area contributed by atoms with Crippen LogP contribution in [0, 0.1) is 10.1 Å². The number of carbonyl (C=O) groups is 1. The molecule has 4 rings (SSSR count). The molecule has 1 fully saturated rings. The van der Waals surface area contributed by atoms with Gasteiger partial charge in [0.25, 0.3) is 5.69 Å². The number of hydrogen-bond acceptors (Lipinski definition) is 8. The molecule has 10 heteroatoms. The van der Waals surface area contributed by atoms with Gasteiger partial charge in [0.1, 0.15) is 6.10 Å². The van der Waals surface area contributed by atoms with Crippen LogP contribution in [-0.2, 0) is 14.6 Å². The summed E-state index contributed by atoms with van der Waals surface area (Å²) in [7, 11) is -3.36. The molecule has 1 saturated heterocycles. The van der Waals surface area contributed by atoms with Gasteiger partial charge in [-0.3, -0.25) is 15.0 Å². The van der Waals surface area contributed by atoms with E-state index in [9.17, 15) is 23.3 Å².